The molecule has 2 atom stereocenters. The largest absolute Gasteiger partial charge is 0.394 e. The van der Waals surface area contributed by atoms with Crippen LogP contribution in [-0.4, -0.2) is 34.9 Å². The summed E-state index contributed by atoms with van der Waals surface area (Å²) in [6, 6.07) is -0.642. The van der Waals surface area contributed by atoms with E-state index in [1.54, 1.807) is 6.08 Å². The van der Waals surface area contributed by atoms with Crippen LogP contribution < -0.4 is 5.32 Å². The van der Waals surface area contributed by atoms with E-state index in [1.165, 1.54) is 173 Å². The van der Waals surface area contributed by atoms with Gasteiger partial charge < -0.3 is 15.5 Å². The summed E-state index contributed by atoms with van der Waals surface area (Å²) in [4.78, 5) is 12.4. The van der Waals surface area contributed by atoms with Gasteiger partial charge in [-0.05, 0) is 44.9 Å². The Labute approximate surface area is 312 Å². The Morgan fingerprint density at radius 2 is 0.780 bits per heavy atom. The SMILES string of the molecule is CCCCCCCCC/C=C/CC/C=C/CC/C=C/C(O)C(CO)NC(=O)CCCCCCCCCCCCCCCCCCCCCCC. The zero-order valence-electron chi connectivity index (χ0n) is 33.7. The van der Waals surface area contributed by atoms with Gasteiger partial charge in [0.15, 0.2) is 0 Å². The van der Waals surface area contributed by atoms with Crippen LogP contribution in [0.25, 0.3) is 0 Å². The van der Waals surface area contributed by atoms with Crippen molar-refractivity contribution in [3.8, 4) is 0 Å². The lowest BCUT2D eigenvalue weighted by Gasteiger charge is -2.19. The third kappa shape index (κ3) is 37.9. The molecule has 2 unspecified atom stereocenters. The van der Waals surface area contributed by atoms with Gasteiger partial charge in [0.05, 0.1) is 18.8 Å². The maximum absolute atomic E-state index is 12.4. The molecule has 0 saturated heterocycles. The summed E-state index contributed by atoms with van der Waals surface area (Å²) >= 11 is 0. The summed E-state index contributed by atoms with van der Waals surface area (Å²) in [5.41, 5.74) is 0. The smallest absolute Gasteiger partial charge is 0.220 e. The molecule has 0 aromatic carbocycles. The van der Waals surface area contributed by atoms with Crippen LogP contribution >= 0.6 is 0 Å². The molecular weight excluding hydrogens is 615 g/mol. The number of amides is 1. The minimum atomic E-state index is -0.867. The van der Waals surface area contributed by atoms with Crippen LogP contribution in [0.2, 0.25) is 0 Å². The first kappa shape index (κ1) is 48.6. The quantitative estimate of drug-likeness (QED) is 0.0440. The summed E-state index contributed by atoms with van der Waals surface area (Å²) in [6.07, 6.45) is 55.4. The topological polar surface area (TPSA) is 69.6 Å². The number of nitrogens with one attached hydrogen (secondary N) is 1. The molecule has 1 amide bonds. The van der Waals surface area contributed by atoms with Crippen molar-refractivity contribution in [1.29, 1.82) is 0 Å². The highest BCUT2D eigenvalue weighted by Crippen LogP contribution is 2.15. The summed E-state index contributed by atoms with van der Waals surface area (Å²) in [6.45, 7) is 4.30. The van der Waals surface area contributed by atoms with Crippen molar-refractivity contribution < 1.29 is 15.0 Å². The fraction of sp³-hybridized carbons (Fsp3) is 0.848. The second-order valence-electron chi connectivity index (χ2n) is 15.1. The van der Waals surface area contributed by atoms with E-state index >= 15 is 0 Å². The lowest BCUT2D eigenvalue weighted by molar-refractivity contribution is -0.123. The molecule has 0 aromatic rings. The molecule has 50 heavy (non-hydrogen) atoms. The molecule has 0 saturated carbocycles. The van der Waals surface area contributed by atoms with Gasteiger partial charge in [0.1, 0.15) is 0 Å². The van der Waals surface area contributed by atoms with E-state index in [1.807, 2.05) is 6.08 Å². The van der Waals surface area contributed by atoms with Gasteiger partial charge in [0.25, 0.3) is 0 Å². The van der Waals surface area contributed by atoms with Crippen molar-refractivity contribution in [3.63, 3.8) is 0 Å². The standard InChI is InChI=1S/C46H87NO3/c1-3-5-7-9-11-13-15-17-19-21-22-23-24-26-28-30-32-34-36-38-40-42-46(50)47-44(43-48)45(49)41-39-37-35-33-31-29-27-25-20-18-16-14-12-10-8-6-4-2/h20,25,31,33,39,41,44-45,48-49H,3-19,21-24,26-30,32,34-38,40,42-43H2,1-2H3,(H,47,50)/b25-20+,33-31+,41-39+. The highest BCUT2D eigenvalue weighted by atomic mass is 16.3. The predicted octanol–water partition coefficient (Wildman–Crippen LogP) is 13.8. The molecule has 3 N–H and O–H groups in total. The summed E-state index contributed by atoms with van der Waals surface area (Å²) in [5.74, 6) is -0.0753. The number of carbonyl (C=O) groups excluding carboxylic acids is 1. The van der Waals surface area contributed by atoms with E-state index in [4.69, 9.17) is 0 Å². The molecule has 0 radical (unpaired) electrons. The van der Waals surface area contributed by atoms with Crippen molar-refractivity contribution in [2.75, 3.05) is 6.61 Å². The van der Waals surface area contributed by atoms with Crippen molar-refractivity contribution in [2.24, 2.45) is 0 Å². The van der Waals surface area contributed by atoms with Gasteiger partial charge in [-0.2, -0.15) is 0 Å². The molecule has 0 bridgehead atoms. The second kappa shape index (κ2) is 42.0. The van der Waals surface area contributed by atoms with Gasteiger partial charge in [-0.1, -0.05) is 217 Å². The second-order valence-corrected chi connectivity index (χ2v) is 15.1. The van der Waals surface area contributed by atoms with Gasteiger partial charge in [0, 0.05) is 6.42 Å². The molecule has 0 fully saturated rings. The fourth-order valence-corrected chi connectivity index (χ4v) is 6.68. The third-order valence-electron chi connectivity index (χ3n) is 10.1. The number of aliphatic hydroxyl groups excluding tert-OH is 2. The van der Waals surface area contributed by atoms with Crippen molar-refractivity contribution >= 4 is 5.91 Å². The van der Waals surface area contributed by atoms with Crippen molar-refractivity contribution in [2.45, 2.75) is 244 Å². The lowest BCUT2D eigenvalue weighted by Crippen LogP contribution is -2.45. The molecule has 0 aliphatic rings. The van der Waals surface area contributed by atoms with Crippen LogP contribution in [0, 0.1) is 0 Å². The highest BCUT2D eigenvalue weighted by molar-refractivity contribution is 5.76. The fourth-order valence-electron chi connectivity index (χ4n) is 6.68. The Bertz CT molecular complexity index is 760. The first-order valence-corrected chi connectivity index (χ1v) is 22.2. The van der Waals surface area contributed by atoms with Gasteiger partial charge in [-0.15, -0.1) is 0 Å². The number of aliphatic hydroxyl groups is 2. The summed E-state index contributed by atoms with van der Waals surface area (Å²) in [7, 11) is 0. The lowest BCUT2D eigenvalue weighted by atomic mass is 10.0. The van der Waals surface area contributed by atoms with Gasteiger partial charge in [-0.3, -0.25) is 4.79 Å². The Morgan fingerprint density at radius 1 is 0.460 bits per heavy atom. The van der Waals surface area contributed by atoms with Crippen LogP contribution in [0.15, 0.2) is 36.5 Å². The Morgan fingerprint density at radius 3 is 1.16 bits per heavy atom. The van der Waals surface area contributed by atoms with E-state index in [0.29, 0.717) is 6.42 Å². The molecule has 4 nitrogen and oxygen atoms in total. The normalized spacial score (nSPS) is 13.3. The number of hydrogen-bond donors (Lipinski definition) is 3. The van der Waals surface area contributed by atoms with Gasteiger partial charge >= 0.3 is 0 Å². The molecular formula is C46H87NO3. The zero-order chi connectivity index (χ0) is 36.4. The molecule has 4 heteroatoms. The molecule has 294 valence electrons. The Kier molecular flexibility index (Phi) is 40.9. The van der Waals surface area contributed by atoms with Crippen LogP contribution in [0.3, 0.4) is 0 Å². The molecule has 0 aromatic heterocycles. The molecule has 0 spiro atoms. The van der Waals surface area contributed by atoms with Crippen molar-refractivity contribution in [3.05, 3.63) is 36.5 Å². The number of hydrogen-bond acceptors (Lipinski definition) is 3. The van der Waals surface area contributed by atoms with Crippen LogP contribution in [0.1, 0.15) is 232 Å². The first-order chi connectivity index (χ1) is 24.7. The minimum Gasteiger partial charge on any atom is -0.394 e. The first-order valence-electron chi connectivity index (χ1n) is 22.2. The maximum atomic E-state index is 12.4. The van der Waals surface area contributed by atoms with E-state index < -0.39 is 12.1 Å². The van der Waals surface area contributed by atoms with Crippen molar-refractivity contribution in [1.82, 2.24) is 5.32 Å². The number of allylic oxidation sites excluding steroid dienone is 5. The number of rotatable bonds is 40. The number of carbonyl (C=O) groups is 1. The van der Waals surface area contributed by atoms with Crippen LogP contribution in [0.5, 0.6) is 0 Å². The monoisotopic (exact) mass is 702 g/mol. The van der Waals surface area contributed by atoms with Crippen LogP contribution in [-0.2, 0) is 4.79 Å². The van der Waals surface area contributed by atoms with E-state index in [-0.39, 0.29) is 12.5 Å². The highest BCUT2D eigenvalue weighted by Gasteiger charge is 2.17. The van der Waals surface area contributed by atoms with Gasteiger partial charge in [0.2, 0.25) is 5.91 Å². The van der Waals surface area contributed by atoms with E-state index in [9.17, 15) is 15.0 Å². The molecule has 0 heterocycles. The average molecular weight is 702 g/mol. The molecule has 0 aliphatic heterocycles. The van der Waals surface area contributed by atoms with Crippen LogP contribution in [0.4, 0.5) is 0 Å². The summed E-state index contributed by atoms with van der Waals surface area (Å²) in [5, 5.41) is 23.0. The average Bonchev–Trinajstić information content (AvgIpc) is 3.12. The van der Waals surface area contributed by atoms with Gasteiger partial charge in [-0.25, -0.2) is 0 Å². The Balaban J connectivity index is 3.59. The molecule has 0 aliphatic carbocycles. The number of unbranched alkanes of at least 4 members (excludes halogenated alkanes) is 29. The minimum absolute atomic E-state index is 0.0753. The zero-order valence-corrected chi connectivity index (χ0v) is 33.7. The van der Waals surface area contributed by atoms with E-state index in [2.05, 4.69) is 43.5 Å². The third-order valence-corrected chi connectivity index (χ3v) is 10.1. The van der Waals surface area contributed by atoms with E-state index in [0.717, 1.165) is 38.5 Å². The maximum Gasteiger partial charge on any atom is 0.220 e. The Hall–Kier alpha value is -1.39. The predicted molar refractivity (Wildman–Crippen MR) is 221 cm³/mol. The molecule has 0 rings (SSSR count). The summed E-state index contributed by atoms with van der Waals surface area (Å²) < 4.78 is 0.